The molecular weight excluding hydrogens is 375 g/mol. The molecule has 6 heteroatoms. The molecule has 0 atom stereocenters. The molecule has 0 unspecified atom stereocenters. The van der Waals surface area contributed by atoms with E-state index in [4.69, 9.17) is 5.11 Å². The van der Waals surface area contributed by atoms with E-state index in [1.807, 2.05) is 66.1 Å². The van der Waals surface area contributed by atoms with E-state index in [-0.39, 0.29) is 11.1 Å². The molecule has 3 aromatic rings. The highest BCUT2D eigenvalue weighted by atomic mass is 32.2. The summed E-state index contributed by atoms with van der Waals surface area (Å²) in [7, 11) is 1.99. The lowest BCUT2D eigenvalue weighted by molar-refractivity contribution is 0.0697. The number of halogens is 1. The van der Waals surface area contributed by atoms with Crippen LogP contribution in [-0.2, 0) is 0 Å². The van der Waals surface area contributed by atoms with Gasteiger partial charge in [-0.2, -0.15) is 0 Å². The molecule has 1 N–H and O–H groups in total. The zero-order valence-corrected chi connectivity index (χ0v) is 15.9. The smallest absolute Gasteiger partial charge is 0.335 e. The molecule has 0 aromatic heterocycles. The van der Waals surface area contributed by atoms with Gasteiger partial charge in [0.05, 0.1) is 23.4 Å². The van der Waals surface area contributed by atoms with Gasteiger partial charge in [-0.1, -0.05) is 36.4 Å². The van der Waals surface area contributed by atoms with Crippen molar-refractivity contribution in [3.8, 4) is 11.1 Å². The third kappa shape index (κ3) is 3.73. The van der Waals surface area contributed by atoms with Crippen molar-refractivity contribution < 1.29 is 14.3 Å². The largest absolute Gasteiger partial charge is 0.478 e. The Balaban J connectivity index is 1.52. The summed E-state index contributed by atoms with van der Waals surface area (Å²) in [6, 6.07) is 21.3. The van der Waals surface area contributed by atoms with Gasteiger partial charge in [-0.3, -0.25) is 4.31 Å². The van der Waals surface area contributed by atoms with Crippen molar-refractivity contribution in [2.45, 2.75) is 0 Å². The lowest BCUT2D eigenvalue weighted by atomic mass is 10.00. The van der Waals surface area contributed by atoms with E-state index in [0.717, 1.165) is 16.9 Å². The Kier molecular flexibility index (Phi) is 4.79. The maximum absolute atomic E-state index is 14.3. The van der Waals surface area contributed by atoms with Crippen LogP contribution in [0.25, 0.3) is 16.8 Å². The highest BCUT2D eigenvalue weighted by Crippen LogP contribution is 2.42. The maximum Gasteiger partial charge on any atom is 0.335 e. The highest BCUT2D eigenvalue weighted by Gasteiger charge is 2.26. The van der Waals surface area contributed by atoms with Gasteiger partial charge in [0.15, 0.2) is 0 Å². The van der Waals surface area contributed by atoms with Crippen LogP contribution in [-0.4, -0.2) is 22.4 Å². The Morgan fingerprint density at radius 3 is 2.50 bits per heavy atom. The van der Waals surface area contributed by atoms with Gasteiger partial charge in [0.2, 0.25) is 0 Å². The SMILES string of the molecule is CN(SN1C=C1c1cccc(-c2cc(C(=O)O)ccc2F)c1)c1ccccc1. The van der Waals surface area contributed by atoms with Crippen LogP contribution in [0, 0.1) is 5.82 Å². The summed E-state index contributed by atoms with van der Waals surface area (Å²) < 4.78 is 18.4. The third-order valence-corrected chi connectivity index (χ3v) is 5.36. The van der Waals surface area contributed by atoms with Gasteiger partial charge in [0.1, 0.15) is 5.82 Å². The summed E-state index contributed by atoms with van der Waals surface area (Å²) in [6.07, 6.45) is 2.01. The standard InChI is InChI=1S/C22H17FN2O2S/c1-24(18-8-3-2-4-9-18)28-25-14-21(25)16-7-5-6-15(12-16)19-13-17(22(26)27)10-11-20(19)23/h2-14H,1H3,(H,26,27). The van der Waals surface area contributed by atoms with Crippen LogP contribution in [0.15, 0.2) is 79.0 Å². The molecule has 1 aliphatic heterocycles. The van der Waals surface area contributed by atoms with Crippen LogP contribution in [0.4, 0.5) is 10.1 Å². The topological polar surface area (TPSA) is 43.5 Å². The lowest BCUT2D eigenvalue weighted by Gasteiger charge is -2.18. The Morgan fingerprint density at radius 2 is 1.75 bits per heavy atom. The highest BCUT2D eigenvalue weighted by molar-refractivity contribution is 7.99. The van der Waals surface area contributed by atoms with Crippen molar-refractivity contribution in [2.24, 2.45) is 0 Å². The van der Waals surface area contributed by atoms with E-state index < -0.39 is 11.8 Å². The first-order chi connectivity index (χ1) is 13.5. The average Bonchev–Trinajstić information content (AvgIpc) is 3.48. The Hall–Kier alpha value is -3.25. The lowest BCUT2D eigenvalue weighted by Crippen LogP contribution is -2.09. The zero-order chi connectivity index (χ0) is 19.7. The van der Waals surface area contributed by atoms with Crippen molar-refractivity contribution in [1.82, 2.24) is 4.31 Å². The van der Waals surface area contributed by atoms with Crippen molar-refractivity contribution in [2.75, 3.05) is 11.4 Å². The maximum atomic E-state index is 14.3. The number of anilines is 1. The Bertz CT molecular complexity index is 1070. The summed E-state index contributed by atoms with van der Waals surface area (Å²) in [4.78, 5) is 11.2. The minimum Gasteiger partial charge on any atom is -0.478 e. The number of hydrogen-bond acceptors (Lipinski definition) is 4. The van der Waals surface area contributed by atoms with Crippen LogP contribution in [0.3, 0.4) is 0 Å². The first-order valence-corrected chi connectivity index (χ1v) is 9.37. The van der Waals surface area contributed by atoms with Crippen molar-refractivity contribution in [3.05, 3.63) is 95.9 Å². The Morgan fingerprint density at radius 1 is 1.00 bits per heavy atom. The van der Waals surface area contributed by atoms with Gasteiger partial charge < -0.3 is 9.41 Å². The molecule has 0 fully saturated rings. The number of rotatable bonds is 6. The first-order valence-electron chi connectivity index (χ1n) is 8.64. The minimum atomic E-state index is -1.08. The van der Waals surface area contributed by atoms with E-state index in [9.17, 15) is 9.18 Å². The van der Waals surface area contributed by atoms with Crippen LogP contribution < -0.4 is 4.31 Å². The van der Waals surface area contributed by atoms with E-state index in [2.05, 4.69) is 4.31 Å². The third-order valence-electron chi connectivity index (χ3n) is 4.42. The molecule has 0 bridgehead atoms. The number of carboxylic acid groups (broad SMARTS) is 1. The summed E-state index contributed by atoms with van der Waals surface area (Å²) in [5.74, 6) is -1.52. The molecule has 0 aliphatic carbocycles. The predicted molar refractivity (Wildman–Crippen MR) is 111 cm³/mol. The first kappa shape index (κ1) is 18.1. The number of hydrogen-bond donors (Lipinski definition) is 1. The summed E-state index contributed by atoms with van der Waals surface area (Å²) in [6.45, 7) is 0. The van der Waals surface area contributed by atoms with Crippen molar-refractivity contribution in [3.63, 3.8) is 0 Å². The molecule has 4 nitrogen and oxygen atoms in total. The second kappa shape index (κ2) is 7.40. The van der Waals surface area contributed by atoms with Gasteiger partial charge in [-0.15, -0.1) is 0 Å². The molecule has 0 amide bonds. The summed E-state index contributed by atoms with van der Waals surface area (Å²) in [5.41, 5.74) is 4.06. The van der Waals surface area contributed by atoms with Crippen molar-refractivity contribution >= 4 is 29.5 Å². The number of benzene rings is 3. The molecule has 4 rings (SSSR count). The predicted octanol–water partition coefficient (Wildman–Crippen LogP) is 5.50. The quantitative estimate of drug-likeness (QED) is 0.561. The van der Waals surface area contributed by atoms with Gasteiger partial charge in [-0.25, -0.2) is 9.18 Å². The van der Waals surface area contributed by atoms with Gasteiger partial charge in [-0.05, 0) is 42.0 Å². The Labute approximate surface area is 166 Å². The average molecular weight is 392 g/mol. The molecule has 0 radical (unpaired) electrons. The van der Waals surface area contributed by atoms with Crippen molar-refractivity contribution in [1.29, 1.82) is 0 Å². The minimum absolute atomic E-state index is 0.0640. The van der Waals surface area contributed by atoms with E-state index >= 15 is 0 Å². The van der Waals surface area contributed by atoms with Gasteiger partial charge >= 0.3 is 5.97 Å². The fraction of sp³-hybridized carbons (Fsp3) is 0.0455. The molecule has 3 aromatic carbocycles. The van der Waals surface area contributed by atoms with Gasteiger partial charge in [0, 0.05) is 30.1 Å². The van der Waals surface area contributed by atoms with Crippen LogP contribution in [0.1, 0.15) is 15.9 Å². The van der Waals surface area contributed by atoms with Crippen LogP contribution in [0.2, 0.25) is 0 Å². The number of nitrogens with zero attached hydrogens (tertiary/aromatic N) is 2. The second-order valence-electron chi connectivity index (χ2n) is 6.34. The number of aromatic carboxylic acids is 1. The number of carbonyl (C=O) groups is 1. The molecule has 0 saturated carbocycles. The fourth-order valence-electron chi connectivity index (χ4n) is 2.89. The zero-order valence-electron chi connectivity index (χ0n) is 15.0. The molecule has 1 heterocycles. The van der Waals surface area contributed by atoms with Gasteiger partial charge in [0.25, 0.3) is 0 Å². The summed E-state index contributed by atoms with van der Waals surface area (Å²) >= 11 is 1.56. The van der Waals surface area contributed by atoms with E-state index in [1.165, 1.54) is 18.2 Å². The number of carboxylic acids is 1. The molecule has 1 aliphatic rings. The fourth-order valence-corrected chi connectivity index (χ4v) is 3.71. The molecule has 0 saturated heterocycles. The molecule has 140 valence electrons. The summed E-state index contributed by atoms with van der Waals surface area (Å²) in [5, 5.41) is 9.17. The normalized spacial score (nSPS) is 12.5. The van der Waals surface area contributed by atoms with E-state index in [1.54, 1.807) is 18.2 Å². The van der Waals surface area contributed by atoms with Crippen LogP contribution >= 0.6 is 12.1 Å². The number of para-hydroxylation sites is 1. The van der Waals surface area contributed by atoms with Crippen LogP contribution in [0.5, 0.6) is 0 Å². The molecule has 28 heavy (non-hydrogen) atoms. The molecule has 0 spiro atoms. The molecular formula is C22H17FN2O2S. The monoisotopic (exact) mass is 392 g/mol. The second-order valence-corrected chi connectivity index (χ2v) is 7.44. The van der Waals surface area contributed by atoms with E-state index in [0.29, 0.717) is 5.56 Å².